The number of unbranched alkanes of at least 4 members (excludes halogenated alkanes) is 3. The van der Waals surface area contributed by atoms with Crippen molar-refractivity contribution in [3.8, 4) is 0 Å². The average molecular weight is 337 g/mol. The molecule has 0 aromatic heterocycles. The van der Waals surface area contributed by atoms with E-state index in [2.05, 4.69) is 67.0 Å². The van der Waals surface area contributed by atoms with E-state index in [9.17, 15) is 0 Å². The quantitative estimate of drug-likeness (QED) is 0.359. The normalized spacial score (nSPS) is 11.8. The van der Waals surface area contributed by atoms with Crippen LogP contribution in [0.3, 0.4) is 0 Å². The number of hydrogen-bond acceptors (Lipinski definition) is 2. The molecule has 0 spiro atoms. The number of nitrogens with one attached hydrogen (secondary N) is 1. The highest BCUT2D eigenvalue weighted by atomic mass is 15.1. The highest BCUT2D eigenvalue weighted by molar-refractivity contribution is 5.63. The molecule has 0 saturated carbocycles. The molecule has 1 N–H and O–H groups in total. The first-order valence-electron chi connectivity index (χ1n) is 9.54. The number of nitrogens with zero attached hydrogens (tertiary/aromatic N) is 1. The lowest BCUT2D eigenvalue weighted by atomic mass is 10.1. The van der Waals surface area contributed by atoms with Gasteiger partial charge in [0.05, 0.1) is 0 Å². The van der Waals surface area contributed by atoms with Crippen molar-refractivity contribution in [2.45, 2.75) is 52.0 Å². The van der Waals surface area contributed by atoms with Gasteiger partial charge in [-0.15, -0.1) is 6.58 Å². The maximum Gasteiger partial charge on any atom is 0.0385 e. The van der Waals surface area contributed by atoms with Crippen molar-refractivity contribution in [3.05, 3.63) is 67.3 Å². The summed E-state index contributed by atoms with van der Waals surface area (Å²) in [5.41, 5.74) is 3.49. The Bertz CT molecular complexity index is 604. The molecule has 0 bridgehead atoms. The molecule has 0 saturated heterocycles. The molecule has 2 rings (SSSR count). The van der Waals surface area contributed by atoms with E-state index in [1.165, 1.54) is 37.8 Å². The Hall–Kier alpha value is -2.22. The predicted octanol–water partition coefficient (Wildman–Crippen LogP) is 6.78. The van der Waals surface area contributed by atoms with Gasteiger partial charge in [-0.3, -0.25) is 0 Å². The van der Waals surface area contributed by atoms with E-state index in [0.29, 0.717) is 6.04 Å². The van der Waals surface area contributed by atoms with Crippen molar-refractivity contribution in [2.24, 2.45) is 0 Å². The highest BCUT2D eigenvalue weighted by Gasteiger charge is 2.13. The van der Waals surface area contributed by atoms with Crippen LogP contribution in [0.2, 0.25) is 0 Å². The van der Waals surface area contributed by atoms with Crippen LogP contribution in [0.5, 0.6) is 0 Å². The number of benzene rings is 2. The van der Waals surface area contributed by atoms with Gasteiger partial charge in [0.25, 0.3) is 0 Å². The van der Waals surface area contributed by atoms with Gasteiger partial charge in [0.1, 0.15) is 0 Å². The van der Waals surface area contributed by atoms with Gasteiger partial charge >= 0.3 is 0 Å². The smallest absolute Gasteiger partial charge is 0.0385 e. The molecule has 0 radical (unpaired) electrons. The molecule has 0 aliphatic carbocycles. The van der Waals surface area contributed by atoms with Gasteiger partial charge in [0, 0.05) is 29.6 Å². The van der Waals surface area contributed by atoms with E-state index in [-0.39, 0.29) is 0 Å². The number of rotatable bonds is 11. The molecule has 0 amide bonds. The Morgan fingerprint density at radius 3 is 2.28 bits per heavy atom. The average Bonchev–Trinajstić information content (AvgIpc) is 2.65. The van der Waals surface area contributed by atoms with Gasteiger partial charge in [-0.2, -0.15) is 0 Å². The first-order chi connectivity index (χ1) is 12.2. The third kappa shape index (κ3) is 6.30. The SMILES string of the molecule is C=CCN(c1ccc(Nc2ccccc2)cc1)C(C)CCCCCC. The predicted molar refractivity (Wildman–Crippen MR) is 112 cm³/mol. The van der Waals surface area contributed by atoms with Crippen molar-refractivity contribution >= 4 is 17.1 Å². The third-order valence-electron chi connectivity index (χ3n) is 4.59. The second-order valence-electron chi connectivity index (χ2n) is 6.68. The van der Waals surface area contributed by atoms with Crippen LogP contribution in [0.25, 0.3) is 0 Å². The third-order valence-corrected chi connectivity index (χ3v) is 4.59. The molecule has 1 unspecified atom stereocenters. The molecular formula is C23H32N2. The number of para-hydroxylation sites is 1. The summed E-state index contributed by atoms with van der Waals surface area (Å²) in [6, 6.07) is 19.5. The minimum absolute atomic E-state index is 0.530. The van der Waals surface area contributed by atoms with Crippen LogP contribution in [0, 0.1) is 0 Å². The molecule has 2 heteroatoms. The Morgan fingerprint density at radius 1 is 0.960 bits per heavy atom. The minimum Gasteiger partial charge on any atom is -0.365 e. The summed E-state index contributed by atoms with van der Waals surface area (Å²) in [5, 5.41) is 3.44. The molecular weight excluding hydrogens is 304 g/mol. The van der Waals surface area contributed by atoms with Gasteiger partial charge in [-0.05, 0) is 49.7 Å². The van der Waals surface area contributed by atoms with E-state index < -0.39 is 0 Å². The fraction of sp³-hybridized carbons (Fsp3) is 0.391. The molecule has 0 fully saturated rings. The molecule has 0 heterocycles. The zero-order valence-corrected chi connectivity index (χ0v) is 15.7. The number of anilines is 3. The van der Waals surface area contributed by atoms with Crippen LogP contribution in [0.15, 0.2) is 67.3 Å². The molecule has 0 aliphatic heterocycles. The van der Waals surface area contributed by atoms with Crippen LogP contribution >= 0.6 is 0 Å². The monoisotopic (exact) mass is 336 g/mol. The van der Waals surface area contributed by atoms with Crippen molar-refractivity contribution in [1.82, 2.24) is 0 Å². The van der Waals surface area contributed by atoms with Crippen LogP contribution < -0.4 is 10.2 Å². The highest BCUT2D eigenvalue weighted by Crippen LogP contribution is 2.24. The lowest BCUT2D eigenvalue weighted by Gasteiger charge is -2.30. The molecule has 2 nitrogen and oxygen atoms in total. The standard InChI is InChI=1S/C23H32N2/c1-4-6-7-9-12-20(3)25(19-5-2)23-17-15-22(16-18-23)24-21-13-10-8-11-14-21/h5,8,10-11,13-18,20,24H,2,4,6-7,9,12,19H2,1,3H3. The van der Waals surface area contributed by atoms with Crippen LogP contribution in [0.4, 0.5) is 17.1 Å². The Kier molecular flexibility index (Phi) is 8.11. The van der Waals surface area contributed by atoms with Crippen molar-refractivity contribution in [1.29, 1.82) is 0 Å². The van der Waals surface area contributed by atoms with Gasteiger partial charge in [-0.1, -0.05) is 56.9 Å². The molecule has 1 atom stereocenters. The summed E-state index contributed by atoms with van der Waals surface area (Å²) in [7, 11) is 0. The summed E-state index contributed by atoms with van der Waals surface area (Å²) in [6.45, 7) is 9.41. The molecule has 2 aromatic carbocycles. The largest absolute Gasteiger partial charge is 0.365 e. The van der Waals surface area contributed by atoms with Crippen molar-refractivity contribution < 1.29 is 0 Å². The van der Waals surface area contributed by atoms with Crippen LogP contribution in [-0.4, -0.2) is 12.6 Å². The zero-order valence-electron chi connectivity index (χ0n) is 15.7. The maximum absolute atomic E-state index is 3.94. The summed E-state index contributed by atoms with van der Waals surface area (Å²) < 4.78 is 0. The topological polar surface area (TPSA) is 15.3 Å². The summed E-state index contributed by atoms with van der Waals surface area (Å²) in [6.07, 6.45) is 8.50. The molecule has 0 aliphatic rings. The van der Waals surface area contributed by atoms with Crippen molar-refractivity contribution in [3.63, 3.8) is 0 Å². The van der Waals surface area contributed by atoms with Gasteiger partial charge < -0.3 is 10.2 Å². The maximum atomic E-state index is 3.94. The van der Waals surface area contributed by atoms with Gasteiger partial charge in [-0.25, -0.2) is 0 Å². The Balaban J connectivity index is 1.99. The van der Waals surface area contributed by atoms with E-state index in [1.807, 2.05) is 24.3 Å². The fourth-order valence-electron chi connectivity index (χ4n) is 3.13. The van der Waals surface area contributed by atoms with Gasteiger partial charge in [0.15, 0.2) is 0 Å². The first-order valence-corrected chi connectivity index (χ1v) is 9.54. The van der Waals surface area contributed by atoms with Crippen LogP contribution in [0.1, 0.15) is 46.0 Å². The Labute approximate surface area is 153 Å². The van der Waals surface area contributed by atoms with Gasteiger partial charge in [0.2, 0.25) is 0 Å². The zero-order chi connectivity index (χ0) is 17.9. The summed E-state index contributed by atoms with van der Waals surface area (Å²) in [4.78, 5) is 2.45. The van der Waals surface area contributed by atoms with Crippen molar-refractivity contribution in [2.75, 3.05) is 16.8 Å². The van der Waals surface area contributed by atoms with E-state index in [4.69, 9.17) is 0 Å². The number of hydrogen-bond donors (Lipinski definition) is 1. The molecule has 25 heavy (non-hydrogen) atoms. The minimum atomic E-state index is 0.530. The molecule has 134 valence electrons. The lowest BCUT2D eigenvalue weighted by molar-refractivity contribution is 0.548. The summed E-state index contributed by atoms with van der Waals surface area (Å²) >= 11 is 0. The summed E-state index contributed by atoms with van der Waals surface area (Å²) in [5.74, 6) is 0. The van der Waals surface area contributed by atoms with E-state index in [1.54, 1.807) is 0 Å². The first kappa shape index (κ1) is 19.1. The lowest BCUT2D eigenvalue weighted by Crippen LogP contribution is -2.33. The second-order valence-corrected chi connectivity index (χ2v) is 6.68. The van der Waals surface area contributed by atoms with E-state index in [0.717, 1.165) is 17.9 Å². The second kappa shape index (κ2) is 10.6. The van der Waals surface area contributed by atoms with E-state index >= 15 is 0 Å². The Morgan fingerprint density at radius 2 is 1.64 bits per heavy atom. The fourth-order valence-corrected chi connectivity index (χ4v) is 3.13. The van der Waals surface area contributed by atoms with Crippen LogP contribution in [-0.2, 0) is 0 Å². The molecule has 2 aromatic rings.